The van der Waals surface area contributed by atoms with Gasteiger partial charge in [-0.25, -0.2) is 0 Å². The minimum Gasteiger partial charge on any atom is -0.373 e. The van der Waals surface area contributed by atoms with Crippen molar-refractivity contribution in [2.75, 3.05) is 0 Å². The Kier molecular flexibility index (Phi) is 0.866. The van der Waals surface area contributed by atoms with Gasteiger partial charge < -0.3 is 10.5 Å². The molecule has 0 spiro atoms. The van der Waals surface area contributed by atoms with Crippen molar-refractivity contribution in [3.05, 3.63) is 0 Å². The minimum atomic E-state index is 0.355. The molecule has 2 aliphatic heterocycles. The fourth-order valence-corrected chi connectivity index (χ4v) is 1.68. The van der Waals surface area contributed by atoms with Crippen LogP contribution in [0, 0.1) is 0 Å². The van der Waals surface area contributed by atoms with Gasteiger partial charge in [0, 0.05) is 6.04 Å². The highest BCUT2D eigenvalue weighted by molar-refractivity contribution is 4.91. The van der Waals surface area contributed by atoms with E-state index >= 15 is 0 Å². The van der Waals surface area contributed by atoms with E-state index < -0.39 is 0 Å². The van der Waals surface area contributed by atoms with Gasteiger partial charge in [-0.1, -0.05) is 0 Å². The highest BCUT2D eigenvalue weighted by Gasteiger charge is 2.38. The van der Waals surface area contributed by atoms with Crippen molar-refractivity contribution in [1.82, 2.24) is 0 Å². The zero-order valence-corrected chi connectivity index (χ0v) is 4.84. The van der Waals surface area contributed by atoms with Crippen LogP contribution in [0.15, 0.2) is 0 Å². The van der Waals surface area contributed by atoms with Crippen molar-refractivity contribution in [2.45, 2.75) is 37.5 Å². The topological polar surface area (TPSA) is 35.2 Å². The van der Waals surface area contributed by atoms with Crippen LogP contribution < -0.4 is 5.73 Å². The Hall–Kier alpha value is -0.0800. The van der Waals surface area contributed by atoms with Gasteiger partial charge in [-0.05, 0) is 19.3 Å². The summed E-state index contributed by atoms with van der Waals surface area (Å²) in [5, 5.41) is 0. The first-order chi connectivity index (χ1) is 3.86. The minimum absolute atomic E-state index is 0.355. The number of hydrogen-bond acceptors (Lipinski definition) is 2. The second-order valence-electron chi connectivity index (χ2n) is 2.77. The lowest BCUT2D eigenvalue weighted by Crippen LogP contribution is -2.30. The molecule has 2 heterocycles. The van der Waals surface area contributed by atoms with Gasteiger partial charge in [-0.2, -0.15) is 0 Å². The summed E-state index contributed by atoms with van der Waals surface area (Å²) in [7, 11) is 0. The van der Waals surface area contributed by atoms with Gasteiger partial charge in [0.05, 0.1) is 12.2 Å². The molecule has 2 fully saturated rings. The summed E-state index contributed by atoms with van der Waals surface area (Å²) in [4.78, 5) is 0. The summed E-state index contributed by atoms with van der Waals surface area (Å²) in [5.41, 5.74) is 5.69. The molecule has 2 saturated heterocycles. The maximum Gasteiger partial charge on any atom is 0.0731 e. The van der Waals surface area contributed by atoms with E-state index in [0.29, 0.717) is 18.2 Å². The summed E-state index contributed by atoms with van der Waals surface area (Å²) in [6.07, 6.45) is 4.49. The number of hydrogen-bond donors (Lipinski definition) is 1. The quantitative estimate of drug-likeness (QED) is 0.489. The van der Waals surface area contributed by atoms with E-state index in [1.54, 1.807) is 0 Å². The van der Waals surface area contributed by atoms with Crippen LogP contribution >= 0.6 is 0 Å². The summed E-state index contributed by atoms with van der Waals surface area (Å²) >= 11 is 0. The van der Waals surface area contributed by atoms with Crippen LogP contribution in [0.25, 0.3) is 0 Å². The monoisotopic (exact) mass is 113 g/mol. The maximum atomic E-state index is 5.69. The fourth-order valence-electron chi connectivity index (χ4n) is 1.68. The molecule has 0 aromatic heterocycles. The van der Waals surface area contributed by atoms with Crippen molar-refractivity contribution < 1.29 is 4.74 Å². The molecule has 0 saturated carbocycles. The lowest BCUT2D eigenvalue weighted by atomic mass is 9.97. The van der Waals surface area contributed by atoms with Gasteiger partial charge in [0.25, 0.3) is 0 Å². The van der Waals surface area contributed by atoms with Gasteiger partial charge in [-0.3, -0.25) is 0 Å². The molecule has 3 atom stereocenters. The van der Waals surface area contributed by atoms with Gasteiger partial charge in [0.15, 0.2) is 0 Å². The van der Waals surface area contributed by atoms with Crippen molar-refractivity contribution in [3.8, 4) is 0 Å². The van der Waals surface area contributed by atoms with E-state index in [1.165, 1.54) is 12.8 Å². The molecule has 2 N–H and O–H groups in total. The molecule has 0 aliphatic carbocycles. The van der Waals surface area contributed by atoms with E-state index in [0.717, 1.165) is 6.42 Å². The van der Waals surface area contributed by atoms with Crippen LogP contribution in [0.3, 0.4) is 0 Å². The SMILES string of the molecule is N[C@H]1CC2CCC1O2. The molecule has 2 nitrogen and oxygen atoms in total. The Bertz CT molecular complexity index is 103. The molecule has 0 aromatic rings. The summed E-state index contributed by atoms with van der Waals surface area (Å²) in [6.45, 7) is 0. The van der Waals surface area contributed by atoms with Crippen LogP contribution in [0.1, 0.15) is 19.3 Å². The van der Waals surface area contributed by atoms with Gasteiger partial charge in [0.2, 0.25) is 0 Å². The summed E-state index contributed by atoms with van der Waals surface area (Å²) < 4.78 is 5.46. The van der Waals surface area contributed by atoms with Crippen LogP contribution in [-0.2, 0) is 4.74 Å². The zero-order valence-electron chi connectivity index (χ0n) is 4.84. The van der Waals surface area contributed by atoms with E-state index in [-0.39, 0.29) is 0 Å². The Balaban J connectivity index is 2.11. The largest absolute Gasteiger partial charge is 0.373 e. The third-order valence-electron chi connectivity index (χ3n) is 2.15. The second kappa shape index (κ2) is 1.45. The molecule has 0 aromatic carbocycles. The molecule has 2 bridgehead atoms. The fraction of sp³-hybridized carbons (Fsp3) is 1.00. The van der Waals surface area contributed by atoms with Gasteiger partial charge in [-0.15, -0.1) is 0 Å². The molecule has 2 rings (SSSR count). The molecule has 2 unspecified atom stereocenters. The summed E-state index contributed by atoms with van der Waals surface area (Å²) in [5.74, 6) is 0. The van der Waals surface area contributed by atoms with E-state index in [1.807, 2.05) is 0 Å². The first-order valence-corrected chi connectivity index (χ1v) is 3.27. The Morgan fingerprint density at radius 2 is 2.25 bits per heavy atom. The first-order valence-electron chi connectivity index (χ1n) is 3.27. The van der Waals surface area contributed by atoms with Crippen molar-refractivity contribution in [3.63, 3.8) is 0 Å². The Labute approximate surface area is 49.0 Å². The molecule has 0 amide bonds. The maximum absolute atomic E-state index is 5.69. The first kappa shape index (κ1) is 4.77. The lowest BCUT2D eigenvalue weighted by molar-refractivity contribution is 0.101. The molecule has 8 heavy (non-hydrogen) atoms. The third-order valence-corrected chi connectivity index (χ3v) is 2.15. The predicted octanol–water partition coefficient (Wildman–Crippen LogP) is 0.265. The normalized spacial score (nSPS) is 52.9. The highest BCUT2D eigenvalue weighted by atomic mass is 16.5. The number of nitrogens with two attached hydrogens (primary N) is 1. The lowest BCUT2D eigenvalue weighted by Gasteiger charge is -2.11. The van der Waals surface area contributed by atoms with Gasteiger partial charge >= 0.3 is 0 Å². The van der Waals surface area contributed by atoms with Crippen molar-refractivity contribution in [2.24, 2.45) is 5.73 Å². The smallest absolute Gasteiger partial charge is 0.0731 e. The van der Waals surface area contributed by atoms with E-state index in [4.69, 9.17) is 10.5 Å². The van der Waals surface area contributed by atoms with Gasteiger partial charge in [0.1, 0.15) is 0 Å². The molecular formula is C6H11NO. The van der Waals surface area contributed by atoms with Crippen LogP contribution in [0.5, 0.6) is 0 Å². The van der Waals surface area contributed by atoms with E-state index in [2.05, 4.69) is 0 Å². The van der Waals surface area contributed by atoms with Crippen LogP contribution in [0.4, 0.5) is 0 Å². The molecule has 2 heteroatoms. The zero-order chi connectivity index (χ0) is 5.56. The third kappa shape index (κ3) is 0.501. The molecular weight excluding hydrogens is 102 g/mol. The molecule has 0 radical (unpaired) electrons. The van der Waals surface area contributed by atoms with Crippen molar-refractivity contribution in [1.29, 1.82) is 0 Å². The molecule has 2 aliphatic rings. The standard InChI is InChI=1S/C6H11NO/c7-5-3-4-1-2-6(5)8-4/h4-6H,1-3,7H2/t4?,5-,6?/m0/s1. The summed E-state index contributed by atoms with van der Waals surface area (Å²) in [6, 6.07) is 0.355. The molecule has 46 valence electrons. The average molecular weight is 113 g/mol. The number of rotatable bonds is 0. The average Bonchev–Trinajstić information content (AvgIpc) is 2.23. The Morgan fingerprint density at radius 1 is 1.38 bits per heavy atom. The number of ether oxygens (including phenoxy) is 1. The van der Waals surface area contributed by atoms with E-state index in [9.17, 15) is 0 Å². The highest BCUT2D eigenvalue weighted by Crippen LogP contribution is 2.32. The Morgan fingerprint density at radius 3 is 2.50 bits per heavy atom. The number of fused-ring (bicyclic) bond motifs is 2. The predicted molar refractivity (Wildman–Crippen MR) is 30.5 cm³/mol. The van der Waals surface area contributed by atoms with Crippen molar-refractivity contribution >= 4 is 0 Å². The van der Waals surface area contributed by atoms with Crippen LogP contribution in [-0.4, -0.2) is 18.2 Å². The van der Waals surface area contributed by atoms with Crippen LogP contribution in [0.2, 0.25) is 0 Å². The second-order valence-corrected chi connectivity index (χ2v) is 2.77.